The lowest BCUT2D eigenvalue weighted by Crippen LogP contribution is -2.19. The zero-order valence-electron chi connectivity index (χ0n) is 21.8. The van der Waals surface area contributed by atoms with Crippen LogP contribution in [0.4, 0.5) is 5.13 Å². The van der Waals surface area contributed by atoms with Crippen LogP contribution in [-0.4, -0.2) is 55.7 Å². The van der Waals surface area contributed by atoms with Gasteiger partial charge in [0.05, 0.1) is 26.9 Å². The molecule has 0 aliphatic heterocycles. The molecule has 12 heteroatoms. The first kappa shape index (κ1) is 28.0. The van der Waals surface area contributed by atoms with E-state index in [0.29, 0.717) is 46.2 Å². The minimum absolute atomic E-state index is 0.0297. The van der Waals surface area contributed by atoms with Crippen molar-refractivity contribution in [1.82, 2.24) is 15.6 Å². The van der Waals surface area contributed by atoms with E-state index in [-0.39, 0.29) is 18.2 Å². The summed E-state index contributed by atoms with van der Waals surface area (Å²) in [7, 11) is 3.16. The van der Waals surface area contributed by atoms with E-state index >= 15 is 0 Å². The van der Waals surface area contributed by atoms with Gasteiger partial charge < -0.3 is 18.9 Å². The molecule has 0 saturated carbocycles. The Balaban J connectivity index is 1.16. The Bertz CT molecular complexity index is 1440. The number of hydrogen-bond donors (Lipinski definition) is 2. The van der Waals surface area contributed by atoms with Gasteiger partial charge in [-0.05, 0) is 66.2 Å². The van der Waals surface area contributed by atoms with Gasteiger partial charge in [0.1, 0.15) is 41.2 Å². The summed E-state index contributed by atoms with van der Waals surface area (Å²) in [6.07, 6.45) is 1.49. The van der Waals surface area contributed by atoms with E-state index < -0.39 is 0 Å². The van der Waals surface area contributed by atoms with Gasteiger partial charge >= 0.3 is 0 Å². The van der Waals surface area contributed by atoms with E-state index in [9.17, 15) is 9.59 Å². The number of aromatic nitrogens is 2. The first-order valence-corrected chi connectivity index (χ1v) is 12.9. The van der Waals surface area contributed by atoms with Gasteiger partial charge in [-0.1, -0.05) is 17.4 Å². The van der Waals surface area contributed by atoms with Crippen molar-refractivity contribution >= 4 is 34.5 Å². The van der Waals surface area contributed by atoms with Crippen LogP contribution in [0.15, 0.2) is 77.9 Å². The molecule has 3 aromatic carbocycles. The zero-order valence-corrected chi connectivity index (χ0v) is 22.6. The highest BCUT2D eigenvalue weighted by molar-refractivity contribution is 7.15. The van der Waals surface area contributed by atoms with Crippen LogP contribution in [0, 0.1) is 0 Å². The molecule has 1 heterocycles. The van der Waals surface area contributed by atoms with Crippen molar-refractivity contribution in [3.63, 3.8) is 0 Å². The lowest BCUT2D eigenvalue weighted by molar-refractivity contribution is -0.120. The molecule has 206 valence electrons. The van der Waals surface area contributed by atoms with Crippen LogP contribution in [-0.2, 0) is 11.2 Å². The summed E-state index contributed by atoms with van der Waals surface area (Å²) in [4.78, 5) is 24.6. The maximum atomic E-state index is 12.4. The number of benzene rings is 3. The van der Waals surface area contributed by atoms with Gasteiger partial charge in [0, 0.05) is 11.6 Å². The molecule has 0 spiro atoms. The van der Waals surface area contributed by atoms with E-state index in [1.54, 1.807) is 50.6 Å². The van der Waals surface area contributed by atoms with Crippen molar-refractivity contribution in [2.75, 3.05) is 32.8 Å². The Morgan fingerprint density at radius 1 is 0.850 bits per heavy atom. The second-order valence-electron chi connectivity index (χ2n) is 8.10. The van der Waals surface area contributed by atoms with Gasteiger partial charge in [-0.25, -0.2) is 5.43 Å². The van der Waals surface area contributed by atoms with Crippen LogP contribution >= 0.6 is 11.3 Å². The molecule has 2 amide bonds. The Labute approximate surface area is 234 Å². The van der Waals surface area contributed by atoms with Gasteiger partial charge in [-0.2, -0.15) is 5.10 Å². The fourth-order valence-corrected chi connectivity index (χ4v) is 4.04. The smallest absolute Gasteiger partial charge is 0.257 e. The third-order valence-corrected chi connectivity index (χ3v) is 6.13. The summed E-state index contributed by atoms with van der Waals surface area (Å²) in [6, 6.07) is 21.3. The van der Waals surface area contributed by atoms with Gasteiger partial charge in [-0.15, -0.1) is 10.2 Å². The Kier molecular flexibility index (Phi) is 10.00. The topological polar surface area (TPSA) is 133 Å². The molecule has 0 aliphatic rings. The van der Waals surface area contributed by atoms with E-state index in [1.165, 1.54) is 6.21 Å². The molecule has 1 aromatic heterocycles. The van der Waals surface area contributed by atoms with E-state index in [4.69, 9.17) is 18.9 Å². The molecule has 0 fully saturated rings. The second kappa shape index (κ2) is 14.3. The third-order valence-electron chi connectivity index (χ3n) is 5.30. The third kappa shape index (κ3) is 8.53. The van der Waals surface area contributed by atoms with Gasteiger partial charge in [0.15, 0.2) is 0 Å². The van der Waals surface area contributed by atoms with Crippen LogP contribution in [0.2, 0.25) is 0 Å². The first-order chi connectivity index (χ1) is 19.5. The highest BCUT2D eigenvalue weighted by Crippen LogP contribution is 2.20. The van der Waals surface area contributed by atoms with Gasteiger partial charge in [-0.3, -0.25) is 14.9 Å². The molecule has 4 aromatic rings. The summed E-state index contributed by atoms with van der Waals surface area (Å²) in [5.74, 6) is 2.07. The molecule has 11 nitrogen and oxygen atoms in total. The van der Waals surface area contributed by atoms with Crippen molar-refractivity contribution in [2.24, 2.45) is 5.10 Å². The monoisotopic (exact) mass is 561 g/mol. The molecule has 0 aliphatic carbocycles. The molecule has 0 atom stereocenters. The summed E-state index contributed by atoms with van der Waals surface area (Å²) >= 11 is 1.11. The number of carbonyl (C=O) groups is 2. The molecule has 0 radical (unpaired) electrons. The normalized spacial score (nSPS) is 10.7. The average Bonchev–Trinajstić information content (AvgIpc) is 3.42. The number of nitrogens with zero attached hydrogens (tertiary/aromatic N) is 3. The lowest BCUT2D eigenvalue weighted by Gasteiger charge is -2.09. The Hall–Kier alpha value is -4.97. The number of carbonyl (C=O) groups excluding carboxylic acids is 2. The number of hydrogen-bond acceptors (Lipinski definition) is 10. The number of rotatable bonds is 13. The fourth-order valence-electron chi connectivity index (χ4n) is 3.30. The largest absolute Gasteiger partial charge is 0.497 e. The van der Waals surface area contributed by atoms with Crippen LogP contribution in [0.25, 0.3) is 0 Å². The summed E-state index contributed by atoms with van der Waals surface area (Å²) in [5.41, 5.74) is 3.68. The molecular weight excluding hydrogens is 534 g/mol. The summed E-state index contributed by atoms with van der Waals surface area (Å²) < 4.78 is 21.6. The second-order valence-corrected chi connectivity index (χ2v) is 9.16. The minimum Gasteiger partial charge on any atom is -0.497 e. The standard InChI is InChI=1S/C28H27N5O6S/c1-36-21-12-8-20(9-13-21)27(35)30-28-33-32-26(40-28)17-25(34)31-29-18-19-6-10-22(11-7-19)38-14-15-39-24-5-3-4-23(16-24)37-2/h3-13,16,18H,14-15,17H2,1-2H3,(H,31,34)(H,30,33,35)/b29-18-. The lowest BCUT2D eigenvalue weighted by atomic mass is 10.2. The van der Waals surface area contributed by atoms with E-state index in [1.807, 2.05) is 36.4 Å². The van der Waals surface area contributed by atoms with Crippen molar-refractivity contribution in [2.45, 2.75) is 6.42 Å². The average molecular weight is 562 g/mol. The van der Waals surface area contributed by atoms with Gasteiger partial charge in [0.25, 0.3) is 5.91 Å². The number of hydrazone groups is 1. The van der Waals surface area contributed by atoms with E-state index in [2.05, 4.69) is 26.0 Å². The van der Waals surface area contributed by atoms with E-state index in [0.717, 1.165) is 22.6 Å². The number of methoxy groups -OCH3 is 2. The molecular formula is C28H27N5O6S. The Morgan fingerprint density at radius 2 is 1.52 bits per heavy atom. The maximum absolute atomic E-state index is 12.4. The maximum Gasteiger partial charge on any atom is 0.257 e. The highest BCUT2D eigenvalue weighted by Gasteiger charge is 2.12. The molecule has 0 saturated heterocycles. The van der Waals surface area contributed by atoms with Crippen molar-refractivity contribution in [3.05, 3.63) is 88.9 Å². The van der Waals surface area contributed by atoms with Crippen molar-refractivity contribution < 1.29 is 28.5 Å². The number of anilines is 1. The van der Waals surface area contributed by atoms with Crippen LogP contribution in [0.1, 0.15) is 20.9 Å². The quantitative estimate of drug-likeness (QED) is 0.142. The first-order valence-electron chi connectivity index (χ1n) is 12.1. The number of ether oxygens (including phenoxy) is 4. The summed E-state index contributed by atoms with van der Waals surface area (Å²) in [6.45, 7) is 0.757. The van der Waals surface area contributed by atoms with Crippen molar-refractivity contribution in [3.8, 4) is 23.0 Å². The predicted molar refractivity (Wildman–Crippen MR) is 151 cm³/mol. The summed E-state index contributed by atoms with van der Waals surface area (Å²) in [5, 5.41) is 15.3. The number of amides is 2. The predicted octanol–water partition coefficient (Wildman–Crippen LogP) is 3.96. The van der Waals surface area contributed by atoms with Crippen LogP contribution in [0.5, 0.6) is 23.0 Å². The molecule has 2 N–H and O–H groups in total. The number of nitrogens with one attached hydrogen (secondary N) is 2. The molecule has 0 bridgehead atoms. The zero-order chi connectivity index (χ0) is 28.2. The SMILES string of the molecule is COc1ccc(C(=O)Nc2nnc(CC(=O)N/N=C\c3ccc(OCCOc4cccc(OC)c4)cc3)s2)cc1. The molecule has 0 unspecified atom stereocenters. The molecule has 40 heavy (non-hydrogen) atoms. The molecule has 4 rings (SSSR count). The minimum atomic E-state index is -0.364. The van der Waals surface area contributed by atoms with Gasteiger partial charge in [0.2, 0.25) is 11.0 Å². The van der Waals surface area contributed by atoms with Crippen LogP contribution < -0.4 is 29.7 Å². The Morgan fingerprint density at radius 3 is 2.25 bits per heavy atom. The van der Waals surface area contributed by atoms with Crippen molar-refractivity contribution in [1.29, 1.82) is 0 Å². The van der Waals surface area contributed by atoms with Crippen LogP contribution in [0.3, 0.4) is 0 Å². The highest BCUT2D eigenvalue weighted by atomic mass is 32.1. The fraction of sp³-hybridized carbons (Fsp3) is 0.179.